The molecule has 0 atom stereocenters. The van der Waals surface area contributed by atoms with Crippen LogP contribution in [0.3, 0.4) is 0 Å². The summed E-state index contributed by atoms with van der Waals surface area (Å²) in [6, 6.07) is 14.2. The maximum atomic E-state index is 12.7. The van der Waals surface area contributed by atoms with Crippen molar-refractivity contribution in [1.82, 2.24) is 0 Å². The van der Waals surface area contributed by atoms with Gasteiger partial charge in [-0.05, 0) is 37.1 Å². The molecule has 0 spiro atoms. The standard InChI is InChI=1S/C18H16O3S/c1-13-6-8-14(9-7-13)12-15-10-11-22(20,21)17-5-3-2-4-16(17)18(15)19/h2-9,12H,10-11H2,1H3. The summed E-state index contributed by atoms with van der Waals surface area (Å²) in [5.74, 6) is -0.231. The van der Waals surface area contributed by atoms with Crippen molar-refractivity contribution in [3.05, 3.63) is 70.8 Å². The Kier molecular flexibility index (Phi) is 3.71. The highest BCUT2D eigenvalue weighted by atomic mass is 32.2. The third-order valence-corrected chi connectivity index (χ3v) is 5.58. The number of carbonyl (C=O) groups is 1. The van der Waals surface area contributed by atoms with Crippen molar-refractivity contribution >= 4 is 21.7 Å². The molecule has 2 aromatic rings. The third kappa shape index (κ3) is 2.74. The lowest BCUT2D eigenvalue weighted by Gasteiger charge is -2.04. The Hall–Kier alpha value is -2.20. The number of fused-ring (bicyclic) bond motifs is 1. The molecule has 112 valence electrons. The Labute approximate surface area is 130 Å². The first-order chi connectivity index (χ1) is 10.5. The molecule has 0 N–H and O–H groups in total. The van der Waals surface area contributed by atoms with Gasteiger partial charge in [-0.25, -0.2) is 8.42 Å². The number of allylic oxidation sites excluding steroid dienone is 1. The summed E-state index contributed by atoms with van der Waals surface area (Å²) in [4.78, 5) is 12.8. The summed E-state index contributed by atoms with van der Waals surface area (Å²) >= 11 is 0. The zero-order valence-corrected chi connectivity index (χ0v) is 13.1. The van der Waals surface area contributed by atoms with Crippen molar-refractivity contribution in [2.45, 2.75) is 18.2 Å². The maximum Gasteiger partial charge on any atom is 0.190 e. The van der Waals surface area contributed by atoms with Crippen molar-refractivity contribution in [2.75, 3.05) is 5.75 Å². The Morgan fingerprint density at radius 1 is 1.00 bits per heavy atom. The van der Waals surface area contributed by atoms with Crippen LogP contribution in [0.25, 0.3) is 6.08 Å². The van der Waals surface area contributed by atoms with Gasteiger partial charge in [-0.2, -0.15) is 0 Å². The molecular weight excluding hydrogens is 296 g/mol. The molecule has 3 rings (SSSR count). The van der Waals surface area contributed by atoms with E-state index in [0.29, 0.717) is 5.57 Å². The average molecular weight is 312 g/mol. The molecule has 3 nitrogen and oxygen atoms in total. The molecule has 0 aromatic heterocycles. The molecule has 0 saturated carbocycles. The number of sulfone groups is 1. The molecule has 2 aromatic carbocycles. The van der Waals surface area contributed by atoms with Crippen LogP contribution in [0.1, 0.15) is 27.9 Å². The lowest BCUT2D eigenvalue weighted by molar-refractivity contribution is 0.103. The lowest BCUT2D eigenvalue weighted by Crippen LogP contribution is -2.06. The zero-order chi connectivity index (χ0) is 15.7. The van der Waals surface area contributed by atoms with Crippen molar-refractivity contribution in [2.24, 2.45) is 0 Å². The SMILES string of the molecule is Cc1ccc(C=C2CCS(=O)(=O)c3ccccc3C2=O)cc1. The first kappa shape index (κ1) is 14.7. The second-order valence-corrected chi connectivity index (χ2v) is 7.55. The minimum absolute atomic E-state index is 0.0343. The molecule has 1 aliphatic heterocycles. The summed E-state index contributed by atoms with van der Waals surface area (Å²) in [5, 5.41) is 0. The Bertz CT molecular complexity index is 859. The zero-order valence-electron chi connectivity index (χ0n) is 12.2. The van der Waals surface area contributed by atoms with Crippen LogP contribution in [-0.2, 0) is 9.84 Å². The lowest BCUT2D eigenvalue weighted by atomic mass is 9.99. The van der Waals surface area contributed by atoms with E-state index in [9.17, 15) is 13.2 Å². The molecule has 0 bridgehead atoms. The van der Waals surface area contributed by atoms with E-state index in [-0.39, 0.29) is 28.4 Å². The summed E-state index contributed by atoms with van der Waals surface area (Å²) in [7, 11) is -3.41. The van der Waals surface area contributed by atoms with Gasteiger partial charge in [0.05, 0.1) is 10.6 Å². The highest BCUT2D eigenvalue weighted by Gasteiger charge is 2.28. The second-order valence-electron chi connectivity index (χ2n) is 5.47. The Balaban J connectivity index is 2.10. The van der Waals surface area contributed by atoms with E-state index in [4.69, 9.17) is 0 Å². The first-order valence-electron chi connectivity index (χ1n) is 7.11. The number of hydrogen-bond acceptors (Lipinski definition) is 3. The molecule has 4 heteroatoms. The fraction of sp³-hybridized carbons (Fsp3) is 0.167. The molecule has 22 heavy (non-hydrogen) atoms. The fourth-order valence-corrected chi connectivity index (χ4v) is 4.06. The molecule has 0 unspecified atom stereocenters. The van der Waals surface area contributed by atoms with Crippen molar-refractivity contribution < 1.29 is 13.2 Å². The van der Waals surface area contributed by atoms with Gasteiger partial charge in [0.25, 0.3) is 0 Å². The van der Waals surface area contributed by atoms with Crippen molar-refractivity contribution in [3.63, 3.8) is 0 Å². The number of ketones is 1. The average Bonchev–Trinajstić information content (AvgIpc) is 2.60. The summed E-state index contributed by atoms with van der Waals surface area (Å²) in [6.07, 6.45) is 2.03. The molecule has 1 aliphatic rings. The molecule has 0 aliphatic carbocycles. The van der Waals surface area contributed by atoms with Gasteiger partial charge in [0, 0.05) is 11.1 Å². The molecule has 1 heterocycles. The van der Waals surface area contributed by atoms with E-state index in [1.807, 2.05) is 31.2 Å². The van der Waals surface area contributed by atoms with Crippen LogP contribution in [0, 0.1) is 6.92 Å². The van der Waals surface area contributed by atoms with Gasteiger partial charge in [-0.1, -0.05) is 42.0 Å². The summed E-state index contributed by atoms with van der Waals surface area (Å²) < 4.78 is 24.6. The van der Waals surface area contributed by atoms with E-state index in [1.54, 1.807) is 24.3 Å². The molecule has 0 fully saturated rings. The monoisotopic (exact) mass is 312 g/mol. The number of hydrogen-bond donors (Lipinski definition) is 0. The molecule has 0 saturated heterocycles. The van der Waals surface area contributed by atoms with E-state index in [2.05, 4.69) is 0 Å². The van der Waals surface area contributed by atoms with Crippen molar-refractivity contribution in [1.29, 1.82) is 0 Å². The van der Waals surface area contributed by atoms with Gasteiger partial charge in [0.1, 0.15) is 0 Å². The topological polar surface area (TPSA) is 51.2 Å². The van der Waals surface area contributed by atoms with Crippen LogP contribution in [0.15, 0.2) is 59.0 Å². The van der Waals surface area contributed by atoms with Crippen LogP contribution in [0.5, 0.6) is 0 Å². The largest absolute Gasteiger partial charge is 0.289 e. The molecular formula is C18H16O3S. The molecule has 0 radical (unpaired) electrons. The van der Waals surface area contributed by atoms with Crippen LogP contribution in [0.4, 0.5) is 0 Å². The van der Waals surface area contributed by atoms with Gasteiger partial charge < -0.3 is 0 Å². The normalized spacial score (nSPS) is 18.8. The Morgan fingerprint density at radius 2 is 1.68 bits per heavy atom. The quantitative estimate of drug-likeness (QED) is 0.758. The number of aryl methyl sites for hydroxylation is 1. The van der Waals surface area contributed by atoms with E-state index >= 15 is 0 Å². The maximum absolute atomic E-state index is 12.7. The smallest absolute Gasteiger partial charge is 0.190 e. The van der Waals surface area contributed by atoms with Gasteiger partial charge >= 0.3 is 0 Å². The number of rotatable bonds is 1. The first-order valence-corrected chi connectivity index (χ1v) is 8.76. The fourth-order valence-electron chi connectivity index (χ4n) is 2.57. The van der Waals surface area contributed by atoms with E-state index < -0.39 is 9.84 Å². The van der Waals surface area contributed by atoms with E-state index in [1.165, 1.54) is 6.07 Å². The number of benzene rings is 2. The highest BCUT2D eigenvalue weighted by Crippen LogP contribution is 2.28. The Morgan fingerprint density at radius 3 is 2.41 bits per heavy atom. The van der Waals surface area contributed by atoms with Gasteiger partial charge in [0.15, 0.2) is 15.6 Å². The molecule has 0 amide bonds. The number of carbonyl (C=O) groups excluding carboxylic acids is 1. The van der Waals surface area contributed by atoms with Crippen LogP contribution >= 0.6 is 0 Å². The van der Waals surface area contributed by atoms with Gasteiger partial charge in [-0.3, -0.25) is 4.79 Å². The van der Waals surface area contributed by atoms with Crippen LogP contribution < -0.4 is 0 Å². The second kappa shape index (κ2) is 5.54. The minimum atomic E-state index is -3.41. The van der Waals surface area contributed by atoms with Gasteiger partial charge in [0.2, 0.25) is 0 Å². The third-order valence-electron chi connectivity index (χ3n) is 3.82. The summed E-state index contributed by atoms with van der Waals surface area (Å²) in [6.45, 7) is 2.00. The van der Waals surface area contributed by atoms with Gasteiger partial charge in [-0.15, -0.1) is 0 Å². The highest BCUT2D eigenvalue weighted by molar-refractivity contribution is 7.91. The summed E-state index contributed by atoms with van der Waals surface area (Å²) in [5.41, 5.74) is 2.86. The van der Waals surface area contributed by atoms with E-state index in [0.717, 1.165) is 11.1 Å². The minimum Gasteiger partial charge on any atom is -0.289 e. The van der Waals surface area contributed by atoms with Crippen LogP contribution in [-0.4, -0.2) is 20.0 Å². The predicted octanol–water partition coefficient (Wildman–Crippen LogP) is 3.44. The number of Topliss-reactive ketones (excluding diaryl/α,β-unsaturated/α-hetero) is 1. The van der Waals surface area contributed by atoms with Crippen molar-refractivity contribution in [3.8, 4) is 0 Å². The van der Waals surface area contributed by atoms with Crippen LogP contribution in [0.2, 0.25) is 0 Å². The predicted molar refractivity (Wildman–Crippen MR) is 86.6 cm³/mol.